The van der Waals surface area contributed by atoms with Crippen molar-refractivity contribution in [3.63, 3.8) is 0 Å². The lowest BCUT2D eigenvalue weighted by Crippen LogP contribution is -2.45. The van der Waals surface area contributed by atoms with Crippen molar-refractivity contribution in [3.05, 3.63) is 83.4 Å². The van der Waals surface area contributed by atoms with Crippen LogP contribution in [0.5, 0.6) is 17.4 Å². The van der Waals surface area contributed by atoms with Crippen LogP contribution in [0.25, 0.3) is 10.9 Å². The molecular formula is C26H21ClN4O5. The number of ether oxygens (including phenoxy) is 2. The zero-order valence-electron chi connectivity index (χ0n) is 18.9. The van der Waals surface area contributed by atoms with Gasteiger partial charge in [0.15, 0.2) is 17.2 Å². The van der Waals surface area contributed by atoms with Crippen LogP contribution < -0.4 is 14.8 Å². The fraction of sp³-hybridized carbons (Fsp3) is 0.154. The fourth-order valence-corrected chi connectivity index (χ4v) is 4.09. The molecule has 2 amide bonds. The van der Waals surface area contributed by atoms with E-state index in [2.05, 4.69) is 15.5 Å². The molecule has 1 aliphatic rings. The summed E-state index contributed by atoms with van der Waals surface area (Å²) in [5.74, 6) is -0.336. The molecule has 5 rings (SSSR count). The lowest BCUT2D eigenvalue weighted by atomic mass is 10.2. The zero-order chi connectivity index (χ0) is 25.1. The number of rotatable bonds is 6. The number of hydrogen-bond acceptors (Lipinski definition) is 6. The number of hydrogen-bond donors (Lipinski definition) is 2. The molecule has 1 atom stereocenters. The first-order valence-electron chi connectivity index (χ1n) is 11.2. The predicted molar refractivity (Wildman–Crippen MR) is 133 cm³/mol. The molecule has 2 heterocycles. The number of fused-ring (bicyclic) bond motifs is 2. The number of nitrogens with zero attached hydrogens (tertiary/aromatic N) is 3. The van der Waals surface area contributed by atoms with Gasteiger partial charge in [-0.05, 0) is 29.8 Å². The van der Waals surface area contributed by atoms with Crippen LogP contribution in [0.3, 0.4) is 0 Å². The van der Waals surface area contributed by atoms with Crippen LogP contribution in [0.4, 0.5) is 5.69 Å². The van der Waals surface area contributed by atoms with Gasteiger partial charge in [0.2, 0.25) is 12.0 Å². The van der Waals surface area contributed by atoms with Crippen molar-refractivity contribution in [2.24, 2.45) is 10.2 Å². The van der Waals surface area contributed by atoms with Crippen LogP contribution >= 0.6 is 11.6 Å². The summed E-state index contributed by atoms with van der Waals surface area (Å²) in [5, 5.41) is 22.3. The Labute approximate surface area is 210 Å². The first-order valence-corrected chi connectivity index (χ1v) is 11.5. The monoisotopic (exact) mass is 504 g/mol. The minimum absolute atomic E-state index is 0.0252. The molecule has 36 heavy (non-hydrogen) atoms. The number of aromatic hydroxyl groups is 1. The van der Waals surface area contributed by atoms with Gasteiger partial charge in [-0.15, -0.1) is 10.2 Å². The first kappa shape index (κ1) is 23.4. The van der Waals surface area contributed by atoms with E-state index in [1.165, 1.54) is 0 Å². The maximum absolute atomic E-state index is 12.4. The quantitative estimate of drug-likeness (QED) is 0.372. The third-order valence-electron chi connectivity index (χ3n) is 5.68. The lowest BCUT2D eigenvalue weighted by Gasteiger charge is -2.25. The number of amides is 2. The van der Waals surface area contributed by atoms with Crippen LogP contribution in [-0.4, -0.2) is 40.7 Å². The number of benzene rings is 3. The molecule has 0 saturated heterocycles. The van der Waals surface area contributed by atoms with E-state index in [4.69, 9.17) is 21.1 Å². The average molecular weight is 505 g/mol. The molecule has 0 unspecified atom stereocenters. The van der Waals surface area contributed by atoms with Gasteiger partial charge in [-0.3, -0.25) is 9.59 Å². The highest BCUT2D eigenvalue weighted by Gasteiger charge is 2.27. The molecule has 0 saturated carbocycles. The van der Waals surface area contributed by atoms with E-state index in [-0.39, 0.29) is 24.7 Å². The summed E-state index contributed by atoms with van der Waals surface area (Å²) in [7, 11) is 0. The fourth-order valence-electron chi connectivity index (χ4n) is 3.89. The molecule has 0 bridgehead atoms. The number of halogens is 1. The minimum atomic E-state index is -0.892. The first-order chi connectivity index (χ1) is 17.5. The van der Waals surface area contributed by atoms with Crippen molar-refractivity contribution in [1.29, 1.82) is 0 Å². The smallest absolute Gasteiger partial charge is 0.283 e. The van der Waals surface area contributed by atoms with Crippen molar-refractivity contribution in [2.45, 2.75) is 12.6 Å². The van der Waals surface area contributed by atoms with Crippen LogP contribution in [-0.2, 0) is 16.1 Å². The Balaban J connectivity index is 1.28. The van der Waals surface area contributed by atoms with E-state index < -0.39 is 17.9 Å². The number of azo groups is 1. The molecule has 10 heteroatoms. The summed E-state index contributed by atoms with van der Waals surface area (Å²) in [4.78, 5) is 24.8. The lowest BCUT2D eigenvalue weighted by molar-refractivity contribution is -0.132. The van der Waals surface area contributed by atoms with Gasteiger partial charge in [-0.2, -0.15) is 0 Å². The Morgan fingerprint density at radius 2 is 1.75 bits per heavy atom. The molecule has 0 spiro atoms. The molecule has 1 aliphatic heterocycles. The highest BCUT2D eigenvalue weighted by molar-refractivity contribution is 6.31. The Hall–Kier alpha value is -4.37. The van der Waals surface area contributed by atoms with Crippen molar-refractivity contribution >= 4 is 40.0 Å². The molecule has 0 fully saturated rings. The maximum atomic E-state index is 12.4. The second kappa shape index (κ2) is 10.1. The van der Waals surface area contributed by atoms with Gasteiger partial charge < -0.3 is 24.5 Å². The van der Waals surface area contributed by atoms with Gasteiger partial charge in [-0.1, -0.05) is 60.1 Å². The normalized spacial score (nSPS) is 14.8. The van der Waals surface area contributed by atoms with E-state index in [9.17, 15) is 14.7 Å². The number of nitrogens with one attached hydrogen (secondary N) is 1. The average Bonchev–Trinajstić information content (AvgIpc) is 3.17. The van der Waals surface area contributed by atoms with Gasteiger partial charge in [-0.25, -0.2) is 0 Å². The predicted octanol–water partition coefficient (Wildman–Crippen LogP) is 4.62. The summed E-state index contributed by atoms with van der Waals surface area (Å²) in [6.45, 7) is -0.0572. The molecule has 182 valence electrons. The minimum Gasteiger partial charge on any atom is -0.493 e. The molecule has 4 aromatic rings. The Bertz CT molecular complexity index is 1480. The number of para-hydroxylation sites is 3. The van der Waals surface area contributed by atoms with Crippen LogP contribution in [0.1, 0.15) is 5.56 Å². The third kappa shape index (κ3) is 4.73. The molecule has 1 aromatic heterocycles. The summed E-state index contributed by atoms with van der Waals surface area (Å²) in [6.07, 6.45) is -0.892. The summed E-state index contributed by atoms with van der Waals surface area (Å²) in [5.41, 5.74) is 1.67. The van der Waals surface area contributed by atoms with E-state index in [1.54, 1.807) is 47.0 Å². The van der Waals surface area contributed by atoms with E-state index >= 15 is 0 Å². The summed E-state index contributed by atoms with van der Waals surface area (Å²) < 4.78 is 12.8. The van der Waals surface area contributed by atoms with Gasteiger partial charge in [0.1, 0.15) is 13.2 Å². The van der Waals surface area contributed by atoms with Crippen molar-refractivity contribution in [1.82, 2.24) is 9.88 Å². The molecule has 2 N–H and O–H groups in total. The van der Waals surface area contributed by atoms with Crippen LogP contribution in [0.2, 0.25) is 5.02 Å². The van der Waals surface area contributed by atoms with Gasteiger partial charge in [0.05, 0.1) is 12.1 Å². The van der Waals surface area contributed by atoms with Crippen molar-refractivity contribution in [3.8, 4) is 17.4 Å². The number of carbonyl (C=O) groups is 2. The highest BCUT2D eigenvalue weighted by atomic mass is 35.5. The molecular weight excluding hydrogens is 484 g/mol. The van der Waals surface area contributed by atoms with E-state index in [0.717, 1.165) is 5.56 Å². The Morgan fingerprint density at radius 3 is 2.58 bits per heavy atom. The molecule has 0 aliphatic carbocycles. The largest absolute Gasteiger partial charge is 0.493 e. The molecule has 3 aromatic carbocycles. The van der Waals surface area contributed by atoms with Crippen molar-refractivity contribution < 1.29 is 24.2 Å². The number of carbonyl (C=O) groups excluding carboxylic acids is 2. The van der Waals surface area contributed by atoms with Crippen LogP contribution in [0, 0.1) is 0 Å². The SMILES string of the molecule is O=C(CNC(=O)[C@@H]1COc2ccccc2O1)N=Nc1c(O)n(Cc2ccccc2Cl)c2ccccc12. The van der Waals surface area contributed by atoms with Gasteiger partial charge in [0.25, 0.3) is 11.8 Å². The van der Waals surface area contributed by atoms with E-state index in [0.29, 0.717) is 34.0 Å². The summed E-state index contributed by atoms with van der Waals surface area (Å²) >= 11 is 6.30. The molecule has 9 nitrogen and oxygen atoms in total. The maximum Gasteiger partial charge on any atom is 0.283 e. The van der Waals surface area contributed by atoms with Gasteiger partial charge >= 0.3 is 0 Å². The van der Waals surface area contributed by atoms with E-state index in [1.807, 2.05) is 30.3 Å². The van der Waals surface area contributed by atoms with Crippen molar-refractivity contribution in [2.75, 3.05) is 13.2 Å². The Kier molecular flexibility index (Phi) is 6.55. The standard InChI is InChI=1S/C26H21ClN4O5/c27-18-9-3-1-7-16(18)14-31-19-10-4-2-8-17(19)24(26(31)34)30-29-23(32)13-28-25(33)22-15-35-20-11-5-6-12-21(20)36-22/h1-12,22,34H,13-15H2,(H,28,33)/t22-/m0/s1. The topological polar surface area (TPSA) is 115 Å². The second-order valence-electron chi connectivity index (χ2n) is 8.04. The number of aromatic nitrogens is 1. The van der Waals surface area contributed by atoms with Crippen LogP contribution in [0.15, 0.2) is 83.0 Å². The Morgan fingerprint density at radius 1 is 1.03 bits per heavy atom. The highest BCUT2D eigenvalue weighted by Crippen LogP contribution is 2.39. The third-order valence-corrected chi connectivity index (χ3v) is 6.05. The second-order valence-corrected chi connectivity index (χ2v) is 8.45. The van der Waals surface area contributed by atoms with Gasteiger partial charge in [0, 0.05) is 10.4 Å². The summed E-state index contributed by atoms with van der Waals surface area (Å²) in [6, 6.07) is 21.6. The molecule has 0 radical (unpaired) electrons. The zero-order valence-corrected chi connectivity index (χ0v) is 19.7.